The van der Waals surface area contributed by atoms with Crippen LogP contribution in [0.25, 0.3) is 0 Å². The van der Waals surface area contributed by atoms with Crippen LogP contribution in [-0.4, -0.2) is 72.1 Å². The van der Waals surface area contributed by atoms with E-state index in [0.717, 1.165) is 31.8 Å². The lowest BCUT2D eigenvalue weighted by atomic mass is 9.81. The minimum atomic E-state index is -0.247. The average molecular weight is 349 g/mol. The molecule has 0 aromatic carbocycles. The lowest BCUT2D eigenvalue weighted by Gasteiger charge is -2.56. The summed E-state index contributed by atoms with van der Waals surface area (Å²) in [5.74, 6) is 1.38. The molecule has 0 bridgehead atoms. The molecule has 1 atom stereocenters. The minimum Gasteiger partial charge on any atom is -0.368 e. The van der Waals surface area contributed by atoms with Gasteiger partial charge >= 0.3 is 0 Å². The van der Waals surface area contributed by atoms with Crippen LogP contribution in [0.15, 0.2) is 0 Å². The number of carbonyl (C=O) groups excluding carboxylic acids is 2. The number of morpholine rings is 1. The van der Waals surface area contributed by atoms with Gasteiger partial charge in [-0.1, -0.05) is 6.42 Å². The van der Waals surface area contributed by atoms with Gasteiger partial charge < -0.3 is 15.0 Å². The molecule has 2 heterocycles. The smallest absolute Gasteiger partial charge is 0.239 e. The number of carbonyl (C=O) groups is 2. The molecular weight excluding hydrogens is 318 g/mol. The van der Waals surface area contributed by atoms with Crippen LogP contribution >= 0.6 is 0 Å². The molecule has 25 heavy (non-hydrogen) atoms. The number of amides is 2. The summed E-state index contributed by atoms with van der Waals surface area (Å²) in [6.45, 7) is 7.57. The molecule has 1 unspecified atom stereocenters. The number of rotatable bonds is 5. The third kappa shape index (κ3) is 3.56. The maximum Gasteiger partial charge on any atom is 0.239 e. The molecule has 2 aliphatic carbocycles. The highest BCUT2D eigenvalue weighted by molar-refractivity contribution is 5.82. The maximum atomic E-state index is 12.5. The molecule has 1 spiro atoms. The second-order valence-electron chi connectivity index (χ2n) is 8.87. The van der Waals surface area contributed by atoms with E-state index in [1.54, 1.807) is 0 Å². The summed E-state index contributed by atoms with van der Waals surface area (Å²) in [7, 11) is 0. The molecule has 0 aromatic rings. The van der Waals surface area contributed by atoms with Crippen molar-refractivity contribution in [1.82, 2.24) is 15.1 Å². The highest BCUT2D eigenvalue weighted by atomic mass is 16.5. The highest BCUT2D eigenvalue weighted by Crippen LogP contribution is 2.38. The van der Waals surface area contributed by atoms with Crippen molar-refractivity contribution in [3.63, 3.8) is 0 Å². The zero-order valence-corrected chi connectivity index (χ0v) is 15.5. The summed E-state index contributed by atoms with van der Waals surface area (Å²) in [5, 5.41) is 3.03. The Labute approximate surface area is 150 Å². The third-order valence-corrected chi connectivity index (χ3v) is 6.13. The quantitative estimate of drug-likeness (QED) is 0.804. The second kappa shape index (κ2) is 6.54. The van der Waals surface area contributed by atoms with Crippen molar-refractivity contribution in [2.75, 3.05) is 32.8 Å². The Morgan fingerprint density at radius 1 is 1.16 bits per heavy atom. The summed E-state index contributed by atoms with van der Waals surface area (Å²) in [4.78, 5) is 29.2. The van der Waals surface area contributed by atoms with E-state index in [1.807, 2.05) is 18.7 Å². The topological polar surface area (TPSA) is 61.9 Å². The van der Waals surface area contributed by atoms with Gasteiger partial charge in [0.2, 0.25) is 11.8 Å². The Hall–Kier alpha value is -1.14. The highest BCUT2D eigenvalue weighted by Gasteiger charge is 2.53. The zero-order valence-electron chi connectivity index (χ0n) is 15.5. The second-order valence-corrected chi connectivity index (χ2v) is 8.87. The molecule has 2 saturated carbocycles. The molecule has 1 N–H and O–H groups in total. The van der Waals surface area contributed by atoms with Crippen molar-refractivity contribution in [3.05, 3.63) is 0 Å². The summed E-state index contributed by atoms with van der Waals surface area (Å²) >= 11 is 0. The van der Waals surface area contributed by atoms with E-state index in [-0.39, 0.29) is 29.5 Å². The molecule has 0 aromatic heterocycles. The monoisotopic (exact) mass is 349 g/mol. The van der Waals surface area contributed by atoms with E-state index in [9.17, 15) is 9.59 Å². The number of hydrogen-bond acceptors (Lipinski definition) is 4. The Balaban J connectivity index is 1.36. The molecule has 140 valence electrons. The fourth-order valence-corrected chi connectivity index (χ4v) is 4.24. The van der Waals surface area contributed by atoms with E-state index in [4.69, 9.17) is 4.74 Å². The summed E-state index contributed by atoms with van der Waals surface area (Å²) in [6.07, 6.45) is 5.83. The number of likely N-dealkylation sites (tertiary alicyclic amines) is 1. The predicted molar refractivity (Wildman–Crippen MR) is 94.0 cm³/mol. The molecule has 4 aliphatic rings. The molecule has 6 nitrogen and oxygen atoms in total. The van der Waals surface area contributed by atoms with Gasteiger partial charge in [-0.25, -0.2) is 0 Å². The van der Waals surface area contributed by atoms with Crippen LogP contribution < -0.4 is 5.32 Å². The van der Waals surface area contributed by atoms with Crippen molar-refractivity contribution >= 4 is 11.8 Å². The van der Waals surface area contributed by atoms with Crippen LogP contribution in [0, 0.1) is 11.8 Å². The van der Waals surface area contributed by atoms with Gasteiger partial charge in [0.25, 0.3) is 0 Å². The summed E-state index contributed by atoms with van der Waals surface area (Å²) in [5.41, 5.74) is -0.247. The molecule has 2 aliphatic heterocycles. The van der Waals surface area contributed by atoms with E-state index in [1.165, 1.54) is 19.3 Å². The standard InChI is InChI=1S/C19H31N3O3/c1-13(2)20-17(23)16-9-25-19(10-21(16)8-14-6-7-14)11-22(12-19)18(24)15-4-3-5-15/h13-16H,3-12H2,1-2H3,(H,20,23). The number of nitrogens with one attached hydrogen (secondary N) is 1. The number of nitrogens with zero attached hydrogens (tertiary/aromatic N) is 2. The van der Waals surface area contributed by atoms with E-state index < -0.39 is 0 Å². The lowest BCUT2D eigenvalue weighted by Crippen LogP contribution is -2.74. The van der Waals surface area contributed by atoms with Crippen molar-refractivity contribution in [2.45, 2.75) is 63.6 Å². The van der Waals surface area contributed by atoms with Crippen LogP contribution in [0.3, 0.4) is 0 Å². The first-order valence-electron chi connectivity index (χ1n) is 9.93. The van der Waals surface area contributed by atoms with Crippen molar-refractivity contribution in [3.8, 4) is 0 Å². The van der Waals surface area contributed by atoms with Crippen LogP contribution in [0.2, 0.25) is 0 Å². The van der Waals surface area contributed by atoms with E-state index in [2.05, 4.69) is 10.2 Å². The van der Waals surface area contributed by atoms with E-state index in [0.29, 0.717) is 25.6 Å². The van der Waals surface area contributed by atoms with Gasteiger partial charge in [0, 0.05) is 25.0 Å². The molecular formula is C19H31N3O3. The molecule has 0 radical (unpaired) electrons. The fourth-order valence-electron chi connectivity index (χ4n) is 4.24. The fraction of sp³-hybridized carbons (Fsp3) is 0.895. The van der Waals surface area contributed by atoms with Crippen LogP contribution in [0.1, 0.15) is 46.0 Å². The molecule has 2 saturated heterocycles. The SMILES string of the molecule is CC(C)NC(=O)C1COC2(CN(C(=O)C3CCC3)C2)CN1CC1CC1. The van der Waals surface area contributed by atoms with Crippen LogP contribution in [-0.2, 0) is 14.3 Å². The Bertz CT molecular complexity index is 536. The first-order valence-corrected chi connectivity index (χ1v) is 9.93. The average Bonchev–Trinajstić information content (AvgIpc) is 3.25. The van der Waals surface area contributed by atoms with Gasteiger partial charge in [0.1, 0.15) is 11.6 Å². The van der Waals surface area contributed by atoms with Gasteiger partial charge in [-0.05, 0) is 45.4 Å². The Kier molecular flexibility index (Phi) is 4.52. The molecule has 4 fully saturated rings. The molecule has 2 amide bonds. The first kappa shape index (κ1) is 17.3. The van der Waals surface area contributed by atoms with Crippen molar-refractivity contribution in [2.24, 2.45) is 11.8 Å². The predicted octanol–water partition coefficient (Wildman–Crippen LogP) is 1.00. The van der Waals surface area contributed by atoms with Crippen LogP contribution in [0.5, 0.6) is 0 Å². The normalized spacial score (nSPS) is 29.4. The molecule has 4 rings (SSSR count). The zero-order chi connectivity index (χ0) is 17.6. The van der Waals surface area contributed by atoms with Crippen molar-refractivity contribution < 1.29 is 14.3 Å². The largest absolute Gasteiger partial charge is 0.368 e. The van der Waals surface area contributed by atoms with Crippen molar-refractivity contribution in [1.29, 1.82) is 0 Å². The number of hydrogen-bond donors (Lipinski definition) is 1. The maximum absolute atomic E-state index is 12.5. The molecule has 6 heteroatoms. The van der Waals surface area contributed by atoms with Gasteiger partial charge in [-0.2, -0.15) is 0 Å². The van der Waals surface area contributed by atoms with Gasteiger partial charge in [-0.15, -0.1) is 0 Å². The third-order valence-electron chi connectivity index (χ3n) is 6.13. The lowest BCUT2D eigenvalue weighted by molar-refractivity contribution is -0.207. The van der Waals surface area contributed by atoms with Crippen LogP contribution in [0.4, 0.5) is 0 Å². The Morgan fingerprint density at radius 2 is 1.88 bits per heavy atom. The van der Waals surface area contributed by atoms with Gasteiger partial charge in [0.05, 0.1) is 19.7 Å². The summed E-state index contributed by atoms with van der Waals surface area (Å²) < 4.78 is 6.16. The minimum absolute atomic E-state index is 0.0761. The van der Waals surface area contributed by atoms with Gasteiger partial charge in [-0.3, -0.25) is 14.5 Å². The Morgan fingerprint density at radius 3 is 2.44 bits per heavy atom. The summed E-state index contributed by atoms with van der Waals surface area (Å²) in [6, 6.07) is -0.0459. The van der Waals surface area contributed by atoms with E-state index >= 15 is 0 Å². The first-order chi connectivity index (χ1) is 12.0. The number of ether oxygens (including phenoxy) is 1. The van der Waals surface area contributed by atoms with Gasteiger partial charge in [0.15, 0.2) is 0 Å².